The summed E-state index contributed by atoms with van der Waals surface area (Å²) in [5.41, 5.74) is 9.15. The molecule has 10 aromatic rings. The van der Waals surface area contributed by atoms with Gasteiger partial charge in [-0.1, -0.05) is 109 Å². The maximum absolute atomic E-state index is 14.4. The molecule has 240 valence electrons. The smallest absolute Gasteiger partial charge is 0.164 e. The van der Waals surface area contributed by atoms with Crippen LogP contribution in [0.4, 0.5) is 4.39 Å². The van der Waals surface area contributed by atoms with Crippen LogP contribution in [0.25, 0.3) is 94.7 Å². The zero-order valence-electron chi connectivity index (χ0n) is 27.2. The fourth-order valence-electron chi connectivity index (χ4n) is 7.20. The summed E-state index contributed by atoms with van der Waals surface area (Å²) in [6, 6.07) is 53.7. The van der Waals surface area contributed by atoms with Crippen molar-refractivity contribution in [1.82, 2.24) is 19.5 Å². The van der Waals surface area contributed by atoms with Gasteiger partial charge in [0.15, 0.2) is 17.5 Å². The standard InChI is InChI=1S/C45H27FN4O/c46-32-22-19-28(20-23-32)35-27-31(45-48-43(29-11-3-1-4-12-29)47-44(49-45)30-13-5-2-6-14-30)21-24-37(35)50-36-17-9-7-15-33(36)41-38(50)25-26-40-42(41)34-16-8-10-18-39(34)51-40/h1-27H. The Kier molecular flexibility index (Phi) is 6.61. The Labute approximate surface area is 291 Å². The first-order valence-corrected chi connectivity index (χ1v) is 16.8. The average molecular weight is 659 g/mol. The third-order valence-corrected chi connectivity index (χ3v) is 9.53. The minimum atomic E-state index is -0.292. The molecule has 0 aliphatic rings. The highest BCUT2D eigenvalue weighted by Crippen LogP contribution is 2.43. The second-order valence-electron chi connectivity index (χ2n) is 12.6. The zero-order chi connectivity index (χ0) is 33.9. The number of rotatable bonds is 5. The number of para-hydroxylation sites is 2. The summed E-state index contributed by atoms with van der Waals surface area (Å²) in [4.78, 5) is 14.9. The number of hydrogen-bond donors (Lipinski definition) is 0. The maximum Gasteiger partial charge on any atom is 0.164 e. The Balaban J connectivity index is 1.25. The molecule has 0 radical (unpaired) electrons. The van der Waals surface area contributed by atoms with Gasteiger partial charge >= 0.3 is 0 Å². The minimum absolute atomic E-state index is 0.292. The molecule has 0 spiro atoms. The van der Waals surface area contributed by atoms with Gasteiger partial charge in [0.25, 0.3) is 0 Å². The first kappa shape index (κ1) is 29.0. The Morgan fingerprint density at radius 2 is 1.02 bits per heavy atom. The molecule has 0 saturated carbocycles. The van der Waals surface area contributed by atoms with Gasteiger partial charge in [-0.05, 0) is 60.2 Å². The SMILES string of the molecule is Fc1ccc(-c2cc(-c3nc(-c4ccccc4)nc(-c4ccccc4)n3)ccc2-n2c3ccccc3c3c4c(ccc32)oc2ccccc24)cc1. The predicted octanol–water partition coefficient (Wildman–Crippen LogP) is 11.7. The van der Waals surface area contributed by atoms with Gasteiger partial charge in [0.05, 0.1) is 16.7 Å². The summed E-state index contributed by atoms with van der Waals surface area (Å²) in [6.07, 6.45) is 0. The van der Waals surface area contributed by atoms with E-state index in [2.05, 4.69) is 65.2 Å². The third-order valence-electron chi connectivity index (χ3n) is 9.53. The van der Waals surface area contributed by atoms with E-state index in [1.807, 2.05) is 91.0 Å². The molecule has 0 unspecified atom stereocenters. The molecule has 0 amide bonds. The lowest BCUT2D eigenvalue weighted by Crippen LogP contribution is -2.02. The second kappa shape index (κ2) is 11.6. The van der Waals surface area contributed by atoms with Crippen LogP contribution in [0.15, 0.2) is 168 Å². The van der Waals surface area contributed by atoms with Gasteiger partial charge in [0, 0.05) is 43.8 Å². The summed E-state index contributed by atoms with van der Waals surface area (Å²) in [5.74, 6) is 1.43. The molecule has 3 aromatic heterocycles. The van der Waals surface area contributed by atoms with E-state index < -0.39 is 0 Å². The van der Waals surface area contributed by atoms with Crippen molar-refractivity contribution in [1.29, 1.82) is 0 Å². The van der Waals surface area contributed by atoms with Gasteiger partial charge < -0.3 is 8.98 Å². The second-order valence-corrected chi connectivity index (χ2v) is 12.6. The average Bonchev–Trinajstić information content (AvgIpc) is 3.74. The van der Waals surface area contributed by atoms with Crippen molar-refractivity contribution in [3.05, 3.63) is 170 Å². The minimum Gasteiger partial charge on any atom is -0.456 e. The number of fused-ring (bicyclic) bond motifs is 7. The lowest BCUT2D eigenvalue weighted by molar-refractivity contribution is 0.628. The van der Waals surface area contributed by atoms with Crippen LogP contribution in [0.2, 0.25) is 0 Å². The quantitative estimate of drug-likeness (QED) is 0.185. The molecule has 6 heteroatoms. The molecule has 0 N–H and O–H groups in total. The van der Waals surface area contributed by atoms with E-state index in [1.54, 1.807) is 0 Å². The number of furan rings is 1. The van der Waals surface area contributed by atoms with Gasteiger partial charge in [0.1, 0.15) is 17.0 Å². The molecular formula is C45H27FN4O. The first-order chi connectivity index (χ1) is 25.2. The molecule has 0 saturated heterocycles. The fraction of sp³-hybridized carbons (Fsp3) is 0. The summed E-state index contributed by atoms with van der Waals surface area (Å²) < 4.78 is 23.0. The van der Waals surface area contributed by atoms with Crippen LogP contribution in [0.1, 0.15) is 0 Å². The molecule has 0 aliphatic carbocycles. The molecule has 0 fully saturated rings. The summed E-state index contributed by atoms with van der Waals surface area (Å²) >= 11 is 0. The van der Waals surface area contributed by atoms with E-state index in [9.17, 15) is 4.39 Å². The van der Waals surface area contributed by atoms with Crippen molar-refractivity contribution in [2.75, 3.05) is 0 Å². The molecule has 51 heavy (non-hydrogen) atoms. The molecule has 10 rings (SSSR count). The highest BCUT2D eigenvalue weighted by Gasteiger charge is 2.21. The van der Waals surface area contributed by atoms with E-state index >= 15 is 0 Å². The van der Waals surface area contributed by atoms with Gasteiger partial charge in [-0.2, -0.15) is 0 Å². The largest absolute Gasteiger partial charge is 0.456 e. The molecule has 5 nitrogen and oxygen atoms in total. The van der Waals surface area contributed by atoms with Crippen LogP contribution in [0, 0.1) is 5.82 Å². The van der Waals surface area contributed by atoms with Crippen molar-refractivity contribution >= 4 is 43.7 Å². The van der Waals surface area contributed by atoms with Gasteiger partial charge in [-0.25, -0.2) is 19.3 Å². The van der Waals surface area contributed by atoms with Gasteiger partial charge in [-0.3, -0.25) is 0 Å². The van der Waals surface area contributed by atoms with Gasteiger partial charge in [0.2, 0.25) is 0 Å². The van der Waals surface area contributed by atoms with E-state index in [0.29, 0.717) is 17.5 Å². The lowest BCUT2D eigenvalue weighted by atomic mass is 9.99. The zero-order valence-corrected chi connectivity index (χ0v) is 27.2. The Morgan fingerprint density at radius 3 is 1.73 bits per heavy atom. The van der Waals surface area contributed by atoms with Crippen molar-refractivity contribution in [3.8, 4) is 51.0 Å². The molecule has 0 atom stereocenters. The number of nitrogens with zero attached hydrogens (tertiary/aromatic N) is 4. The van der Waals surface area contributed by atoms with Crippen molar-refractivity contribution < 1.29 is 8.81 Å². The first-order valence-electron chi connectivity index (χ1n) is 16.8. The maximum atomic E-state index is 14.4. The third kappa shape index (κ3) is 4.80. The molecule has 7 aromatic carbocycles. The highest BCUT2D eigenvalue weighted by atomic mass is 19.1. The number of halogens is 1. The van der Waals surface area contributed by atoms with E-state index in [-0.39, 0.29) is 5.82 Å². The predicted molar refractivity (Wildman–Crippen MR) is 203 cm³/mol. The molecule has 0 bridgehead atoms. The molecule has 0 aliphatic heterocycles. The number of benzene rings is 7. The Hall–Kier alpha value is -6.92. The van der Waals surface area contributed by atoms with E-state index in [4.69, 9.17) is 19.4 Å². The van der Waals surface area contributed by atoms with Gasteiger partial charge in [-0.15, -0.1) is 0 Å². The van der Waals surface area contributed by atoms with Crippen molar-refractivity contribution in [2.24, 2.45) is 0 Å². The van der Waals surface area contributed by atoms with Crippen LogP contribution in [0.3, 0.4) is 0 Å². The highest BCUT2D eigenvalue weighted by molar-refractivity contribution is 6.27. The lowest BCUT2D eigenvalue weighted by Gasteiger charge is -2.16. The number of hydrogen-bond acceptors (Lipinski definition) is 4. The van der Waals surface area contributed by atoms with Crippen LogP contribution in [0.5, 0.6) is 0 Å². The Morgan fingerprint density at radius 1 is 0.431 bits per heavy atom. The summed E-state index contributed by atoms with van der Waals surface area (Å²) in [6.45, 7) is 0. The van der Waals surface area contributed by atoms with Crippen LogP contribution < -0.4 is 0 Å². The Bertz CT molecular complexity index is 2860. The summed E-state index contributed by atoms with van der Waals surface area (Å²) in [7, 11) is 0. The van der Waals surface area contributed by atoms with Crippen molar-refractivity contribution in [3.63, 3.8) is 0 Å². The van der Waals surface area contributed by atoms with Crippen LogP contribution in [-0.4, -0.2) is 19.5 Å². The monoisotopic (exact) mass is 658 g/mol. The van der Waals surface area contributed by atoms with E-state index in [0.717, 1.165) is 77.2 Å². The topological polar surface area (TPSA) is 56.7 Å². The fourth-order valence-corrected chi connectivity index (χ4v) is 7.20. The van der Waals surface area contributed by atoms with Crippen LogP contribution >= 0.6 is 0 Å². The molecular weight excluding hydrogens is 632 g/mol. The normalized spacial score (nSPS) is 11.6. The molecule has 3 heterocycles. The van der Waals surface area contributed by atoms with E-state index in [1.165, 1.54) is 12.1 Å². The van der Waals surface area contributed by atoms with Crippen molar-refractivity contribution in [2.45, 2.75) is 0 Å². The number of aromatic nitrogens is 4. The summed E-state index contributed by atoms with van der Waals surface area (Å²) in [5, 5.41) is 4.41. The van der Waals surface area contributed by atoms with Crippen LogP contribution in [-0.2, 0) is 0 Å².